The number of furan rings is 1. The Balaban J connectivity index is 1.99. The smallest absolute Gasteiger partial charge is 0.293 e. The van der Waals surface area contributed by atoms with Crippen molar-refractivity contribution >= 4 is 16.8 Å². The molecule has 0 aliphatic carbocycles. The van der Waals surface area contributed by atoms with Crippen molar-refractivity contribution in [3.8, 4) is 5.75 Å². The summed E-state index contributed by atoms with van der Waals surface area (Å²) in [6.45, 7) is 0. The summed E-state index contributed by atoms with van der Waals surface area (Å²) in [5.41, 5.74) is 1.05. The van der Waals surface area contributed by atoms with Gasteiger partial charge in [0.15, 0.2) is 0 Å². The minimum atomic E-state index is -0.192. The lowest BCUT2D eigenvalue weighted by atomic mass is 9.96. The highest BCUT2D eigenvalue weighted by molar-refractivity contribution is 5.91. The predicted molar refractivity (Wildman–Crippen MR) is 86.2 cm³/mol. The number of fused-ring (bicyclic) bond motifs is 3. The average molecular weight is 292 g/mol. The van der Waals surface area contributed by atoms with E-state index >= 15 is 0 Å². The molecular weight excluding hydrogens is 276 g/mol. The summed E-state index contributed by atoms with van der Waals surface area (Å²) >= 11 is 0. The van der Waals surface area contributed by atoms with E-state index < -0.39 is 0 Å². The van der Waals surface area contributed by atoms with Crippen molar-refractivity contribution in [2.45, 2.75) is 6.04 Å². The number of benzene rings is 2. The molecule has 22 heavy (non-hydrogen) atoms. The largest absolute Gasteiger partial charge is 0.467 e. The summed E-state index contributed by atoms with van der Waals surface area (Å²) in [6, 6.07) is 16.6. The van der Waals surface area contributed by atoms with Crippen LogP contribution in [0.4, 0.5) is 0 Å². The third-order valence-electron chi connectivity index (χ3n) is 3.84. The van der Waals surface area contributed by atoms with Gasteiger partial charge in [-0.15, -0.1) is 0 Å². The van der Waals surface area contributed by atoms with Crippen molar-refractivity contribution in [3.05, 3.63) is 66.1 Å². The number of amidine groups is 1. The second kappa shape index (κ2) is 4.91. The molecule has 4 nitrogen and oxygen atoms in total. The van der Waals surface area contributed by atoms with Crippen molar-refractivity contribution < 1.29 is 9.15 Å². The molecule has 110 valence electrons. The van der Waals surface area contributed by atoms with Gasteiger partial charge in [-0.1, -0.05) is 30.3 Å². The van der Waals surface area contributed by atoms with Crippen LogP contribution in [-0.2, 0) is 0 Å². The third-order valence-corrected chi connectivity index (χ3v) is 3.84. The molecule has 2 aromatic carbocycles. The van der Waals surface area contributed by atoms with E-state index in [9.17, 15) is 0 Å². The zero-order valence-electron chi connectivity index (χ0n) is 12.5. The van der Waals surface area contributed by atoms with Gasteiger partial charge in [0.1, 0.15) is 17.6 Å². The van der Waals surface area contributed by atoms with E-state index in [-0.39, 0.29) is 6.04 Å². The van der Waals surface area contributed by atoms with E-state index in [0.29, 0.717) is 6.02 Å². The molecule has 0 amide bonds. The Morgan fingerprint density at radius 2 is 1.86 bits per heavy atom. The summed E-state index contributed by atoms with van der Waals surface area (Å²) in [5.74, 6) is 1.65. The molecule has 1 aliphatic heterocycles. The Morgan fingerprint density at radius 1 is 1.00 bits per heavy atom. The monoisotopic (exact) mass is 292 g/mol. The minimum absolute atomic E-state index is 0.192. The Bertz CT molecular complexity index is 851. The van der Waals surface area contributed by atoms with Crippen molar-refractivity contribution in [3.63, 3.8) is 0 Å². The van der Waals surface area contributed by atoms with Gasteiger partial charge in [0.2, 0.25) is 0 Å². The molecular formula is C18H16N2O2. The Labute approximate surface area is 128 Å². The van der Waals surface area contributed by atoms with Crippen LogP contribution in [-0.4, -0.2) is 25.0 Å². The number of aliphatic imine (C=N–C) groups is 1. The quantitative estimate of drug-likeness (QED) is 0.684. The Hall–Kier alpha value is -2.75. The van der Waals surface area contributed by atoms with Crippen molar-refractivity contribution in [2.75, 3.05) is 14.1 Å². The van der Waals surface area contributed by atoms with Gasteiger partial charge < -0.3 is 14.1 Å². The van der Waals surface area contributed by atoms with Gasteiger partial charge in [-0.05, 0) is 29.0 Å². The predicted octanol–water partition coefficient (Wildman–Crippen LogP) is 3.83. The number of hydrogen-bond donors (Lipinski definition) is 0. The van der Waals surface area contributed by atoms with Gasteiger partial charge in [0.05, 0.1) is 6.26 Å². The van der Waals surface area contributed by atoms with Crippen LogP contribution in [0.1, 0.15) is 17.4 Å². The lowest BCUT2D eigenvalue weighted by Gasteiger charge is -2.27. The number of ether oxygens (including phenoxy) is 1. The fourth-order valence-corrected chi connectivity index (χ4v) is 2.81. The number of nitrogens with zero attached hydrogens (tertiary/aromatic N) is 2. The van der Waals surface area contributed by atoms with E-state index in [1.165, 1.54) is 5.39 Å². The molecule has 4 heteroatoms. The van der Waals surface area contributed by atoms with Crippen molar-refractivity contribution in [2.24, 2.45) is 4.99 Å². The molecule has 3 aromatic rings. The summed E-state index contributed by atoms with van der Waals surface area (Å²) in [4.78, 5) is 6.61. The number of hydrogen-bond acceptors (Lipinski definition) is 4. The van der Waals surface area contributed by atoms with Crippen LogP contribution in [0.5, 0.6) is 5.75 Å². The highest BCUT2D eigenvalue weighted by atomic mass is 16.5. The van der Waals surface area contributed by atoms with Gasteiger partial charge in [-0.2, -0.15) is 0 Å². The molecule has 0 radical (unpaired) electrons. The summed E-state index contributed by atoms with van der Waals surface area (Å²) in [6.07, 6.45) is 1.68. The van der Waals surface area contributed by atoms with Crippen molar-refractivity contribution in [1.82, 2.24) is 4.90 Å². The van der Waals surface area contributed by atoms with E-state index in [0.717, 1.165) is 22.5 Å². The van der Waals surface area contributed by atoms with Crippen LogP contribution < -0.4 is 4.74 Å². The fourth-order valence-electron chi connectivity index (χ4n) is 2.81. The average Bonchev–Trinajstić information content (AvgIpc) is 3.07. The maximum atomic E-state index is 5.96. The molecule has 0 saturated heterocycles. The molecule has 0 saturated carbocycles. The van der Waals surface area contributed by atoms with Gasteiger partial charge in [-0.25, -0.2) is 4.99 Å². The van der Waals surface area contributed by atoms with Gasteiger partial charge in [0, 0.05) is 19.7 Å². The summed E-state index contributed by atoms with van der Waals surface area (Å²) in [5, 5.41) is 2.31. The third kappa shape index (κ3) is 1.96. The summed E-state index contributed by atoms with van der Waals surface area (Å²) < 4.78 is 11.6. The zero-order chi connectivity index (χ0) is 15.1. The number of rotatable bonds is 1. The first-order chi connectivity index (χ1) is 10.7. The van der Waals surface area contributed by atoms with Crippen molar-refractivity contribution in [1.29, 1.82) is 0 Å². The fraction of sp³-hybridized carbons (Fsp3) is 0.167. The highest BCUT2D eigenvalue weighted by Crippen LogP contribution is 2.41. The van der Waals surface area contributed by atoms with E-state index in [1.807, 2.05) is 49.3 Å². The van der Waals surface area contributed by atoms with Crippen LogP contribution in [0.2, 0.25) is 0 Å². The first-order valence-electron chi connectivity index (χ1n) is 7.22. The second-order valence-corrected chi connectivity index (χ2v) is 5.52. The molecule has 0 bridgehead atoms. The molecule has 1 atom stereocenters. The first-order valence-corrected chi connectivity index (χ1v) is 7.22. The SMILES string of the molecule is CN(C)C1=NC(c2ccco2)c2c(ccc3ccccc23)O1. The van der Waals surface area contributed by atoms with Gasteiger partial charge in [0.25, 0.3) is 6.02 Å². The zero-order valence-corrected chi connectivity index (χ0v) is 12.5. The van der Waals surface area contributed by atoms with Crippen LogP contribution in [0.3, 0.4) is 0 Å². The van der Waals surface area contributed by atoms with E-state index in [2.05, 4.69) is 18.2 Å². The van der Waals surface area contributed by atoms with Crippen LogP contribution in [0.15, 0.2) is 64.2 Å². The first kappa shape index (κ1) is 13.0. The van der Waals surface area contributed by atoms with Crippen LogP contribution in [0.25, 0.3) is 10.8 Å². The van der Waals surface area contributed by atoms with Gasteiger partial charge in [-0.3, -0.25) is 0 Å². The highest BCUT2D eigenvalue weighted by Gasteiger charge is 2.29. The molecule has 0 spiro atoms. The maximum absolute atomic E-state index is 5.96. The van der Waals surface area contributed by atoms with E-state index in [1.54, 1.807) is 6.26 Å². The second-order valence-electron chi connectivity index (χ2n) is 5.52. The normalized spacial score (nSPS) is 16.8. The molecule has 1 unspecified atom stereocenters. The maximum Gasteiger partial charge on any atom is 0.293 e. The minimum Gasteiger partial charge on any atom is -0.467 e. The Morgan fingerprint density at radius 3 is 2.64 bits per heavy atom. The van der Waals surface area contributed by atoms with Gasteiger partial charge >= 0.3 is 0 Å². The standard InChI is InChI=1S/C18H16N2O2/c1-20(2)18-19-17(15-8-5-11-21-15)16-13-7-4-3-6-12(13)9-10-14(16)22-18/h3-11,17H,1-2H3. The molecule has 1 aromatic heterocycles. The lowest BCUT2D eigenvalue weighted by Crippen LogP contribution is -2.31. The molecule has 2 heterocycles. The topological polar surface area (TPSA) is 38.0 Å². The van der Waals surface area contributed by atoms with Crippen LogP contribution in [0, 0.1) is 0 Å². The summed E-state index contributed by atoms with van der Waals surface area (Å²) in [7, 11) is 3.84. The lowest BCUT2D eigenvalue weighted by molar-refractivity contribution is 0.393. The molecule has 0 N–H and O–H groups in total. The molecule has 4 rings (SSSR count). The van der Waals surface area contributed by atoms with Crippen LogP contribution >= 0.6 is 0 Å². The molecule has 1 aliphatic rings. The van der Waals surface area contributed by atoms with E-state index in [4.69, 9.17) is 14.1 Å². The molecule has 0 fully saturated rings. The Kier molecular flexibility index (Phi) is 2.89.